The van der Waals surface area contributed by atoms with Crippen molar-refractivity contribution in [3.63, 3.8) is 0 Å². The molecule has 0 bridgehead atoms. The van der Waals surface area contributed by atoms with Crippen molar-refractivity contribution < 1.29 is 9.11 Å². The second-order valence-electron chi connectivity index (χ2n) is 5.52. The molecule has 0 atom stereocenters. The van der Waals surface area contributed by atoms with E-state index in [0.29, 0.717) is 4.90 Å². The molecular formula is C17H19N3O2S. The van der Waals surface area contributed by atoms with Gasteiger partial charge < -0.3 is 0 Å². The van der Waals surface area contributed by atoms with E-state index in [1.807, 2.05) is 55.1 Å². The van der Waals surface area contributed by atoms with E-state index in [9.17, 15) is 9.11 Å². The largest absolute Gasteiger partial charge is 0.282 e. The minimum Gasteiger partial charge on any atom is -0.282 e. The lowest BCUT2D eigenvalue weighted by molar-refractivity contribution is 0.489. The molecule has 3 aromatic rings. The average Bonchev–Trinajstić information content (AvgIpc) is 2.93. The maximum Gasteiger partial charge on any atom is 0.0748 e. The molecule has 0 aliphatic rings. The van der Waals surface area contributed by atoms with Crippen molar-refractivity contribution in [3.05, 3.63) is 66.0 Å². The van der Waals surface area contributed by atoms with Gasteiger partial charge in [-0.15, -0.1) is 10.8 Å². The zero-order chi connectivity index (χ0) is 16.6. The molecule has 4 N–H and O–H groups in total. The van der Waals surface area contributed by atoms with Gasteiger partial charge >= 0.3 is 0 Å². The Morgan fingerprint density at radius 1 is 0.957 bits per heavy atom. The molecule has 0 spiro atoms. The fourth-order valence-electron chi connectivity index (χ4n) is 2.43. The lowest BCUT2D eigenvalue weighted by Gasteiger charge is -2.26. The van der Waals surface area contributed by atoms with Gasteiger partial charge in [0.1, 0.15) is 0 Å². The predicted octanol–water partition coefficient (Wildman–Crippen LogP) is 4.14. The van der Waals surface area contributed by atoms with Gasteiger partial charge in [-0.3, -0.25) is 9.11 Å². The fourth-order valence-corrected chi connectivity index (χ4v) is 2.97. The summed E-state index contributed by atoms with van der Waals surface area (Å²) in [5.41, 5.74) is 5.11. The highest BCUT2D eigenvalue weighted by Gasteiger charge is 2.10. The van der Waals surface area contributed by atoms with Crippen molar-refractivity contribution in [2.24, 2.45) is 5.14 Å². The van der Waals surface area contributed by atoms with Crippen molar-refractivity contribution in [2.75, 3.05) is 0 Å². The molecule has 1 aromatic heterocycles. The lowest BCUT2D eigenvalue weighted by Crippen LogP contribution is -2.08. The third-order valence-corrected chi connectivity index (χ3v) is 4.68. The van der Waals surface area contributed by atoms with Crippen molar-refractivity contribution >= 4 is 10.8 Å². The van der Waals surface area contributed by atoms with Crippen LogP contribution in [0.5, 0.6) is 0 Å². The molecule has 3 rings (SSSR count). The molecule has 0 saturated carbocycles. The topological polar surface area (TPSA) is 84.3 Å². The van der Waals surface area contributed by atoms with Gasteiger partial charge in [0.2, 0.25) is 0 Å². The van der Waals surface area contributed by atoms with Crippen molar-refractivity contribution in [2.45, 2.75) is 18.7 Å². The highest BCUT2D eigenvalue weighted by molar-refractivity contribution is 8.22. The van der Waals surface area contributed by atoms with Gasteiger partial charge in [0.15, 0.2) is 0 Å². The van der Waals surface area contributed by atoms with E-state index in [1.54, 1.807) is 12.1 Å². The smallest absolute Gasteiger partial charge is 0.0748 e. The highest BCUT2D eigenvalue weighted by atomic mass is 32.3. The Bertz CT molecular complexity index is 836. The maximum absolute atomic E-state index is 9.49. The molecule has 0 fully saturated rings. The molecule has 5 nitrogen and oxygen atoms in total. The summed E-state index contributed by atoms with van der Waals surface area (Å²) in [5, 5.41) is 9.81. The van der Waals surface area contributed by atoms with Crippen LogP contribution in [0.2, 0.25) is 0 Å². The van der Waals surface area contributed by atoms with E-state index in [4.69, 9.17) is 5.14 Å². The molecule has 0 radical (unpaired) electrons. The first-order valence-corrected chi connectivity index (χ1v) is 8.75. The summed E-state index contributed by atoms with van der Waals surface area (Å²) in [7, 11) is -3.17. The Labute approximate surface area is 136 Å². The van der Waals surface area contributed by atoms with Crippen LogP contribution >= 0.6 is 10.8 Å². The van der Waals surface area contributed by atoms with Crippen LogP contribution in [0.1, 0.15) is 11.3 Å². The van der Waals surface area contributed by atoms with Gasteiger partial charge in [0.25, 0.3) is 0 Å². The Kier molecular flexibility index (Phi) is 3.99. The van der Waals surface area contributed by atoms with Crippen molar-refractivity contribution in [3.8, 4) is 16.8 Å². The van der Waals surface area contributed by atoms with E-state index in [1.165, 1.54) is 0 Å². The number of hydrogen-bond donors (Lipinski definition) is 3. The molecule has 1 heterocycles. The van der Waals surface area contributed by atoms with E-state index in [2.05, 4.69) is 11.2 Å². The van der Waals surface area contributed by atoms with Crippen LogP contribution in [0.15, 0.2) is 59.6 Å². The highest BCUT2D eigenvalue weighted by Crippen LogP contribution is 2.40. The standard InChI is InChI=1S/C17H19N3O2S/c1-12-3-4-15(11-17(12)20-10-9-13(2)19-20)14-5-7-16(8-6-14)23(18,21)22/h3-11,21-22H,18H2,1-2H3. The number of aromatic nitrogens is 2. The molecule has 6 heteroatoms. The van der Waals surface area contributed by atoms with Gasteiger partial charge in [0, 0.05) is 6.20 Å². The summed E-state index contributed by atoms with van der Waals surface area (Å²) in [6, 6.07) is 15.1. The molecular weight excluding hydrogens is 310 g/mol. The first-order chi connectivity index (χ1) is 10.8. The normalized spacial score (nSPS) is 12.4. The average molecular weight is 329 g/mol. The Morgan fingerprint density at radius 3 is 2.17 bits per heavy atom. The summed E-state index contributed by atoms with van der Waals surface area (Å²) >= 11 is 0. The maximum atomic E-state index is 9.49. The zero-order valence-corrected chi connectivity index (χ0v) is 13.8. The van der Waals surface area contributed by atoms with Crippen LogP contribution in [-0.2, 0) is 0 Å². The predicted molar refractivity (Wildman–Crippen MR) is 93.8 cm³/mol. The summed E-state index contributed by atoms with van der Waals surface area (Å²) in [5.74, 6) is 0. The molecule has 0 amide bonds. The number of aryl methyl sites for hydroxylation is 2. The summed E-state index contributed by atoms with van der Waals surface area (Å²) in [6.07, 6.45) is 1.94. The number of hydrogen-bond acceptors (Lipinski definition) is 4. The third-order valence-electron chi connectivity index (χ3n) is 3.71. The van der Waals surface area contributed by atoms with E-state index < -0.39 is 10.8 Å². The first kappa shape index (κ1) is 15.8. The van der Waals surface area contributed by atoms with Crippen molar-refractivity contribution in [1.29, 1.82) is 0 Å². The minimum atomic E-state index is -3.17. The van der Waals surface area contributed by atoms with E-state index in [0.717, 1.165) is 28.1 Å². The number of nitrogens with zero attached hydrogens (tertiary/aromatic N) is 2. The Balaban J connectivity index is 2.01. The third kappa shape index (κ3) is 3.30. The number of benzene rings is 2. The molecule has 120 valence electrons. The van der Waals surface area contributed by atoms with Gasteiger partial charge in [0.05, 0.1) is 16.3 Å². The Hall–Kier alpha value is -2.12. The molecule has 23 heavy (non-hydrogen) atoms. The number of rotatable bonds is 3. The van der Waals surface area contributed by atoms with E-state index in [-0.39, 0.29) is 0 Å². The zero-order valence-electron chi connectivity index (χ0n) is 13.0. The monoisotopic (exact) mass is 329 g/mol. The number of nitrogens with two attached hydrogens (primary N) is 1. The lowest BCUT2D eigenvalue weighted by atomic mass is 10.0. The van der Waals surface area contributed by atoms with Gasteiger partial charge in [-0.2, -0.15) is 5.10 Å². The van der Waals surface area contributed by atoms with Crippen LogP contribution in [0, 0.1) is 13.8 Å². The SMILES string of the molecule is Cc1ccn(-c2cc(-c3ccc(S(N)(O)O)cc3)ccc2C)n1. The molecule has 2 aromatic carbocycles. The van der Waals surface area contributed by atoms with Crippen LogP contribution in [0.3, 0.4) is 0 Å². The van der Waals surface area contributed by atoms with E-state index >= 15 is 0 Å². The van der Waals surface area contributed by atoms with Crippen LogP contribution in [0.4, 0.5) is 0 Å². The molecule has 0 unspecified atom stereocenters. The van der Waals surface area contributed by atoms with Crippen molar-refractivity contribution in [1.82, 2.24) is 9.78 Å². The second-order valence-corrected chi connectivity index (χ2v) is 7.18. The van der Waals surface area contributed by atoms with Crippen LogP contribution in [-0.4, -0.2) is 18.9 Å². The van der Waals surface area contributed by atoms with Gasteiger partial charge in [-0.1, -0.05) is 24.3 Å². The van der Waals surface area contributed by atoms with Gasteiger partial charge in [-0.05, 0) is 54.8 Å². The summed E-state index contributed by atoms with van der Waals surface area (Å²) in [4.78, 5) is 0.330. The fraction of sp³-hybridized carbons (Fsp3) is 0.118. The van der Waals surface area contributed by atoms with Crippen LogP contribution in [0.25, 0.3) is 16.8 Å². The summed E-state index contributed by atoms with van der Waals surface area (Å²) in [6.45, 7) is 4.00. The quantitative estimate of drug-likeness (QED) is 0.674. The molecule has 0 saturated heterocycles. The Morgan fingerprint density at radius 2 is 1.61 bits per heavy atom. The van der Waals surface area contributed by atoms with Crippen LogP contribution < -0.4 is 5.14 Å². The van der Waals surface area contributed by atoms with Gasteiger partial charge in [-0.25, -0.2) is 9.82 Å². The molecule has 0 aliphatic carbocycles. The first-order valence-electron chi connectivity index (χ1n) is 7.14. The molecule has 0 aliphatic heterocycles. The second kappa shape index (κ2) is 5.82. The summed E-state index contributed by atoms with van der Waals surface area (Å²) < 4.78 is 20.8. The minimum absolute atomic E-state index is 0.330.